The van der Waals surface area contributed by atoms with Gasteiger partial charge in [-0.05, 0) is 18.2 Å². The summed E-state index contributed by atoms with van der Waals surface area (Å²) in [5, 5.41) is 4.22. The summed E-state index contributed by atoms with van der Waals surface area (Å²) in [6.45, 7) is 1.95. The number of amides is 2. The predicted molar refractivity (Wildman–Crippen MR) is 83.1 cm³/mol. The minimum absolute atomic E-state index is 0.0369. The lowest BCUT2D eigenvalue weighted by molar-refractivity contribution is 0.0299. The van der Waals surface area contributed by atoms with Gasteiger partial charge in [0.1, 0.15) is 5.69 Å². The third kappa shape index (κ3) is 3.57. The van der Waals surface area contributed by atoms with E-state index >= 15 is 0 Å². The SMILES string of the molecule is O=C(Nc1nc(C(=O)N2CCOCC2)cs1)c1ccc(F)c(F)c1. The summed E-state index contributed by atoms with van der Waals surface area (Å²) in [6.07, 6.45) is 0. The van der Waals surface area contributed by atoms with E-state index in [2.05, 4.69) is 10.3 Å². The Bertz CT molecular complexity index is 775. The number of ether oxygens (including phenoxy) is 1. The third-order valence-electron chi connectivity index (χ3n) is 3.42. The Morgan fingerprint density at radius 3 is 2.67 bits per heavy atom. The van der Waals surface area contributed by atoms with Gasteiger partial charge < -0.3 is 9.64 Å². The molecule has 0 saturated carbocycles. The number of nitrogens with one attached hydrogen (secondary N) is 1. The van der Waals surface area contributed by atoms with Gasteiger partial charge in [0.05, 0.1) is 13.2 Å². The van der Waals surface area contributed by atoms with E-state index in [0.29, 0.717) is 26.3 Å². The highest BCUT2D eigenvalue weighted by Crippen LogP contribution is 2.19. The van der Waals surface area contributed by atoms with Crippen LogP contribution in [-0.4, -0.2) is 48.0 Å². The van der Waals surface area contributed by atoms with Crippen LogP contribution in [0.25, 0.3) is 0 Å². The number of hydrogen-bond acceptors (Lipinski definition) is 5. The van der Waals surface area contributed by atoms with Crippen molar-refractivity contribution in [3.63, 3.8) is 0 Å². The number of carbonyl (C=O) groups excluding carboxylic acids is 2. The Balaban J connectivity index is 1.68. The maximum atomic E-state index is 13.2. The van der Waals surface area contributed by atoms with Gasteiger partial charge in [-0.3, -0.25) is 14.9 Å². The van der Waals surface area contributed by atoms with Crippen molar-refractivity contribution in [1.29, 1.82) is 0 Å². The number of carbonyl (C=O) groups is 2. The number of rotatable bonds is 3. The van der Waals surface area contributed by atoms with E-state index in [4.69, 9.17) is 4.74 Å². The second kappa shape index (κ2) is 7.02. The largest absolute Gasteiger partial charge is 0.378 e. The highest BCUT2D eigenvalue weighted by molar-refractivity contribution is 7.14. The lowest BCUT2D eigenvalue weighted by Gasteiger charge is -2.25. The molecule has 1 aromatic carbocycles. The van der Waals surface area contributed by atoms with Crippen LogP contribution in [0.1, 0.15) is 20.8 Å². The Labute approximate surface area is 140 Å². The molecular formula is C15H13F2N3O3S. The summed E-state index contributed by atoms with van der Waals surface area (Å²) in [5.41, 5.74) is 0.188. The first-order valence-electron chi connectivity index (χ1n) is 7.13. The van der Waals surface area contributed by atoms with Crippen LogP contribution in [0.2, 0.25) is 0 Å². The second-order valence-electron chi connectivity index (χ2n) is 5.03. The molecule has 2 aromatic rings. The van der Waals surface area contributed by atoms with Gasteiger partial charge in [0.15, 0.2) is 16.8 Å². The molecule has 126 valence electrons. The number of aromatic nitrogens is 1. The smallest absolute Gasteiger partial charge is 0.273 e. The average molecular weight is 353 g/mol. The quantitative estimate of drug-likeness (QED) is 0.918. The molecule has 0 unspecified atom stereocenters. The zero-order chi connectivity index (χ0) is 17.1. The molecule has 6 nitrogen and oxygen atoms in total. The van der Waals surface area contributed by atoms with Gasteiger partial charge in [-0.15, -0.1) is 11.3 Å². The Kier molecular flexibility index (Phi) is 4.81. The monoisotopic (exact) mass is 353 g/mol. The van der Waals surface area contributed by atoms with E-state index in [1.54, 1.807) is 10.3 Å². The number of anilines is 1. The van der Waals surface area contributed by atoms with Gasteiger partial charge in [0.25, 0.3) is 11.8 Å². The number of halogens is 2. The molecule has 0 aliphatic carbocycles. The molecule has 0 atom stereocenters. The molecule has 3 rings (SSSR count). The van der Waals surface area contributed by atoms with Crippen molar-refractivity contribution in [2.45, 2.75) is 0 Å². The molecule has 2 heterocycles. The van der Waals surface area contributed by atoms with E-state index in [-0.39, 0.29) is 22.3 Å². The van der Waals surface area contributed by atoms with E-state index < -0.39 is 17.5 Å². The Hall–Kier alpha value is -2.39. The molecule has 1 aromatic heterocycles. The van der Waals surface area contributed by atoms with Crippen molar-refractivity contribution < 1.29 is 23.1 Å². The van der Waals surface area contributed by atoms with Crippen molar-refractivity contribution in [3.8, 4) is 0 Å². The number of benzene rings is 1. The summed E-state index contributed by atoms with van der Waals surface area (Å²) >= 11 is 1.08. The molecule has 2 amide bonds. The van der Waals surface area contributed by atoms with Crippen LogP contribution in [0.5, 0.6) is 0 Å². The van der Waals surface area contributed by atoms with Crippen LogP contribution in [0.4, 0.5) is 13.9 Å². The average Bonchev–Trinajstić information content (AvgIpc) is 3.06. The van der Waals surface area contributed by atoms with Gasteiger partial charge in [0.2, 0.25) is 0 Å². The lowest BCUT2D eigenvalue weighted by Crippen LogP contribution is -2.40. The van der Waals surface area contributed by atoms with Crippen LogP contribution in [0.3, 0.4) is 0 Å². The van der Waals surface area contributed by atoms with Crippen molar-refractivity contribution >= 4 is 28.3 Å². The maximum Gasteiger partial charge on any atom is 0.273 e. The minimum Gasteiger partial charge on any atom is -0.378 e. The van der Waals surface area contributed by atoms with E-state index in [0.717, 1.165) is 23.5 Å². The summed E-state index contributed by atoms with van der Waals surface area (Å²) in [5.74, 6) is -3.00. The Morgan fingerprint density at radius 1 is 1.21 bits per heavy atom. The highest BCUT2D eigenvalue weighted by Gasteiger charge is 2.21. The maximum absolute atomic E-state index is 13.2. The molecule has 1 aliphatic rings. The third-order valence-corrected chi connectivity index (χ3v) is 4.18. The molecule has 1 saturated heterocycles. The van der Waals surface area contributed by atoms with Crippen molar-refractivity contribution in [2.75, 3.05) is 31.6 Å². The molecule has 0 radical (unpaired) electrons. The van der Waals surface area contributed by atoms with Crippen molar-refractivity contribution in [3.05, 3.63) is 46.5 Å². The van der Waals surface area contributed by atoms with Gasteiger partial charge in [-0.25, -0.2) is 13.8 Å². The topological polar surface area (TPSA) is 71.5 Å². The zero-order valence-electron chi connectivity index (χ0n) is 12.4. The first kappa shape index (κ1) is 16.5. The van der Waals surface area contributed by atoms with Crippen LogP contribution in [0.15, 0.2) is 23.6 Å². The van der Waals surface area contributed by atoms with Gasteiger partial charge in [-0.1, -0.05) is 0 Å². The van der Waals surface area contributed by atoms with Crippen LogP contribution in [0, 0.1) is 11.6 Å². The second-order valence-corrected chi connectivity index (χ2v) is 5.88. The fraction of sp³-hybridized carbons (Fsp3) is 0.267. The first-order valence-corrected chi connectivity index (χ1v) is 8.01. The fourth-order valence-electron chi connectivity index (χ4n) is 2.16. The first-order chi connectivity index (χ1) is 11.5. The standard InChI is InChI=1S/C15H13F2N3O3S/c16-10-2-1-9(7-11(10)17)13(21)19-15-18-12(8-24-15)14(22)20-3-5-23-6-4-20/h1-2,7-8H,3-6H2,(H,18,19,21). The minimum atomic E-state index is -1.11. The molecular weight excluding hydrogens is 340 g/mol. The Morgan fingerprint density at radius 2 is 1.96 bits per heavy atom. The van der Waals surface area contributed by atoms with E-state index in [9.17, 15) is 18.4 Å². The van der Waals surface area contributed by atoms with Crippen LogP contribution < -0.4 is 5.32 Å². The molecule has 0 bridgehead atoms. The zero-order valence-corrected chi connectivity index (χ0v) is 13.2. The number of hydrogen-bond donors (Lipinski definition) is 1. The van der Waals surface area contributed by atoms with E-state index in [1.807, 2.05) is 0 Å². The summed E-state index contributed by atoms with van der Waals surface area (Å²) in [4.78, 5) is 30.0. The van der Waals surface area contributed by atoms with Gasteiger partial charge in [-0.2, -0.15) is 0 Å². The number of nitrogens with zero attached hydrogens (tertiary/aromatic N) is 2. The van der Waals surface area contributed by atoms with Gasteiger partial charge in [0, 0.05) is 24.0 Å². The molecule has 1 fully saturated rings. The molecule has 0 spiro atoms. The molecule has 1 N–H and O–H groups in total. The lowest BCUT2D eigenvalue weighted by atomic mass is 10.2. The fourth-order valence-corrected chi connectivity index (χ4v) is 2.84. The van der Waals surface area contributed by atoms with Gasteiger partial charge >= 0.3 is 0 Å². The van der Waals surface area contributed by atoms with Crippen molar-refractivity contribution in [1.82, 2.24) is 9.88 Å². The molecule has 24 heavy (non-hydrogen) atoms. The molecule has 1 aliphatic heterocycles. The summed E-state index contributed by atoms with van der Waals surface area (Å²) in [6, 6.07) is 2.85. The van der Waals surface area contributed by atoms with E-state index in [1.165, 1.54) is 6.07 Å². The van der Waals surface area contributed by atoms with Crippen LogP contribution in [-0.2, 0) is 4.74 Å². The predicted octanol–water partition coefficient (Wildman–Crippen LogP) is 2.15. The molecule has 9 heteroatoms. The number of morpholine rings is 1. The normalized spacial score (nSPS) is 14.5. The highest BCUT2D eigenvalue weighted by atomic mass is 32.1. The van der Waals surface area contributed by atoms with Crippen LogP contribution >= 0.6 is 11.3 Å². The summed E-state index contributed by atoms with van der Waals surface area (Å²) in [7, 11) is 0. The van der Waals surface area contributed by atoms with Crippen molar-refractivity contribution in [2.24, 2.45) is 0 Å². The number of thiazole rings is 1. The summed E-state index contributed by atoms with van der Waals surface area (Å²) < 4.78 is 31.2.